The van der Waals surface area contributed by atoms with Crippen LogP contribution in [0.15, 0.2) is 24.3 Å². The number of nitrogens with zero attached hydrogens (tertiary/aromatic N) is 1. The van der Waals surface area contributed by atoms with Gasteiger partial charge in [-0.05, 0) is 62.4 Å². The number of carbonyl (C=O) groups excluding carboxylic acids is 2. The molecule has 1 heterocycles. The summed E-state index contributed by atoms with van der Waals surface area (Å²) >= 11 is 0. The predicted molar refractivity (Wildman–Crippen MR) is 95.4 cm³/mol. The molecule has 1 saturated heterocycles. The number of likely N-dealkylation sites (tertiary alicyclic amines) is 1. The minimum Gasteiger partial charge on any atom is -0.493 e. The second-order valence-corrected chi connectivity index (χ2v) is 6.99. The summed E-state index contributed by atoms with van der Waals surface area (Å²) in [5.74, 6) is 1.22. The van der Waals surface area contributed by atoms with E-state index in [4.69, 9.17) is 10.5 Å². The van der Waals surface area contributed by atoms with Crippen LogP contribution in [-0.2, 0) is 4.79 Å². The Hall–Kier alpha value is -2.08. The van der Waals surface area contributed by atoms with E-state index in [9.17, 15) is 9.59 Å². The molecule has 1 saturated carbocycles. The van der Waals surface area contributed by atoms with Gasteiger partial charge in [0.1, 0.15) is 5.75 Å². The Morgan fingerprint density at radius 2 is 1.80 bits per heavy atom. The molecule has 2 amide bonds. The molecule has 3 N–H and O–H groups in total. The van der Waals surface area contributed by atoms with Crippen LogP contribution >= 0.6 is 0 Å². The largest absolute Gasteiger partial charge is 0.493 e. The predicted octanol–water partition coefficient (Wildman–Crippen LogP) is 1.54. The summed E-state index contributed by atoms with van der Waals surface area (Å²) in [6.45, 7) is 3.14. The first-order valence-corrected chi connectivity index (χ1v) is 9.15. The first-order chi connectivity index (χ1) is 12.1. The summed E-state index contributed by atoms with van der Waals surface area (Å²) in [5, 5.41) is 3.62. The highest BCUT2D eigenvalue weighted by Crippen LogP contribution is 2.28. The Balaban J connectivity index is 1.33. The molecule has 0 spiro atoms. The average molecular weight is 345 g/mol. The first kappa shape index (κ1) is 17.7. The molecule has 3 rings (SSSR count). The highest BCUT2D eigenvalue weighted by molar-refractivity contribution is 5.92. The van der Waals surface area contributed by atoms with Crippen molar-refractivity contribution >= 4 is 11.8 Å². The van der Waals surface area contributed by atoms with Crippen molar-refractivity contribution in [2.24, 2.45) is 11.7 Å². The normalized spacial score (nSPS) is 18.2. The molecule has 1 aliphatic carbocycles. The Labute approximate surface area is 148 Å². The third-order valence-corrected chi connectivity index (χ3v) is 4.96. The van der Waals surface area contributed by atoms with Gasteiger partial charge in [-0.1, -0.05) is 0 Å². The maximum Gasteiger partial charge on any atom is 0.248 e. The van der Waals surface area contributed by atoms with E-state index in [0.717, 1.165) is 38.4 Å². The van der Waals surface area contributed by atoms with Crippen LogP contribution in [0.1, 0.15) is 42.5 Å². The van der Waals surface area contributed by atoms with Crippen molar-refractivity contribution in [3.05, 3.63) is 29.8 Å². The summed E-state index contributed by atoms with van der Waals surface area (Å²) < 4.78 is 5.58. The van der Waals surface area contributed by atoms with Gasteiger partial charge in [0.2, 0.25) is 11.8 Å². The van der Waals surface area contributed by atoms with Crippen LogP contribution in [0.4, 0.5) is 0 Å². The maximum atomic E-state index is 12.3. The zero-order chi connectivity index (χ0) is 17.6. The van der Waals surface area contributed by atoms with E-state index in [1.807, 2.05) is 4.90 Å². The second kappa shape index (κ2) is 8.34. The molecule has 2 aliphatic rings. The molecule has 25 heavy (non-hydrogen) atoms. The summed E-state index contributed by atoms with van der Waals surface area (Å²) in [6.07, 6.45) is 5.19. The van der Waals surface area contributed by atoms with Crippen LogP contribution in [0.3, 0.4) is 0 Å². The van der Waals surface area contributed by atoms with Gasteiger partial charge >= 0.3 is 0 Å². The first-order valence-electron chi connectivity index (χ1n) is 9.15. The van der Waals surface area contributed by atoms with Crippen LogP contribution in [0.5, 0.6) is 5.75 Å². The quantitative estimate of drug-likeness (QED) is 0.748. The van der Waals surface area contributed by atoms with E-state index in [-0.39, 0.29) is 5.91 Å². The molecule has 0 bridgehead atoms. The molecule has 0 atom stereocenters. The van der Waals surface area contributed by atoms with Gasteiger partial charge in [0.05, 0.1) is 13.0 Å². The number of amides is 2. The Morgan fingerprint density at radius 3 is 2.40 bits per heavy atom. The van der Waals surface area contributed by atoms with Crippen molar-refractivity contribution in [2.75, 3.05) is 26.2 Å². The second-order valence-electron chi connectivity index (χ2n) is 6.99. The molecule has 1 aromatic carbocycles. The molecular formula is C19H27N3O3. The summed E-state index contributed by atoms with van der Waals surface area (Å²) in [4.78, 5) is 25.2. The molecule has 136 valence electrons. The third-order valence-electron chi connectivity index (χ3n) is 4.96. The van der Waals surface area contributed by atoms with E-state index in [1.54, 1.807) is 24.3 Å². The van der Waals surface area contributed by atoms with E-state index in [0.29, 0.717) is 30.4 Å². The van der Waals surface area contributed by atoms with Crippen molar-refractivity contribution in [1.29, 1.82) is 0 Å². The van der Waals surface area contributed by atoms with Crippen LogP contribution in [0.25, 0.3) is 0 Å². The smallest absolute Gasteiger partial charge is 0.248 e. The average Bonchev–Trinajstić information content (AvgIpc) is 3.45. The lowest BCUT2D eigenvalue weighted by Crippen LogP contribution is -2.45. The van der Waals surface area contributed by atoms with E-state index in [1.165, 1.54) is 12.8 Å². The molecule has 6 heteroatoms. The number of nitrogens with two attached hydrogens (primary N) is 1. The third kappa shape index (κ3) is 5.46. The Kier molecular flexibility index (Phi) is 5.91. The minimum absolute atomic E-state index is 0.148. The molecule has 6 nitrogen and oxygen atoms in total. The van der Waals surface area contributed by atoms with Crippen LogP contribution in [0.2, 0.25) is 0 Å². The number of primary amides is 1. The van der Waals surface area contributed by atoms with Gasteiger partial charge in [0.15, 0.2) is 0 Å². The molecule has 2 fully saturated rings. The van der Waals surface area contributed by atoms with Crippen LogP contribution in [-0.4, -0.2) is 49.0 Å². The highest BCUT2D eigenvalue weighted by atomic mass is 16.5. The summed E-state index contributed by atoms with van der Waals surface area (Å²) in [6, 6.07) is 7.20. The van der Waals surface area contributed by atoms with Crippen molar-refractivity contribution in [3.8, 4) is 5.75 Å². The molecule has 1 aliphatic heterocycles. The fourth-order valence-electron chi connectivity index (χ4n) is 3.12. The number of rotatable bonds is 8. The SMILES string of the molecule is NC(=O)c1ccc(OCCC(=O)N2CCC(NCC3CC3)CC2)cc1. The Morgan fingerprint density at radius 1 is 1.12 bits per heavy atom. The van der Waals surface area contributed by atoms with Gasteiger partial charge in [-0.15, -0.1) is 0 Å². The molecule has 0 aromatic heterocycles. The van der Waals surface area contributed by atoms with Crippen LogP contribution < -0.4 is 15.8 Å². The lowest BCUT2D eigenvalue weighted by atomic mass is 10.0. The minimum atomic E-state index is -0.461. The number of carbonyl (C=O) groups is 2. The number of piperidine rings is 1. The van der Waals surface area contributed by atoms with Crippen LogP contribution in [0, 0.1) is 5.92 Å². The number of hydrogen-bond donors (Lipinski definition) is 2. The lowest BCUT2D eigenvalue weighted by molar-refractivity contribution is -0.132. The Bertz CT molecular complexity index is 590. The van der Waals surface area contributed by atoms with Crippen molar-refractivity contribution in [2.45, 2.75) is 38.1 Å². The number of benzene rings is 1. The topological polar surface area (TPSA) is 84.7 Å². The van der Waals surface area contributed by atoms with Crippen molar-refractivity contribution < 1.29 is 14.3 Å². The lowest BCUT2D eigenvalue weighted by Gasteiger charge is -2.32. The van der Waals surface area contributed by atoms with Crippen molar-refractivity contribution in [3.63, 3.8) is 0 Å². The van der Waals surface area contributed by atoms with Crippen molar-refractivity contribution in [1.82, 2.24) is 10.2 Å². The van der Waals surface area contributed by atoms with Gasteiger partial charge in [-0.25, -0.2) is 0 Å². The summed E-state index contributed by atoms with van der Waals surface area (Å²) in [5.41, 5.74) is 5.64. The number of hydrogen-bond acceptors (Lipinski definition) is 4. The highest BCUT2D eigenvalue weighted by Gasteiger charge is 2.25. The monoisotopic (exact) mass is 345 g/mol. The fraction of sp³-hybridized carbons (Fsp3) is 0.579. The zero-order valence-electron chi connectivity index (χ0n) is 14.6. The van der Waals surface area contributed by atoms with Gasteiger partial charge in [-0.3, -0.25) is 9.59 Å². The molecular weight excluding hydrogens is 318 g/mol. The number of nitrogens with one attached hydrogen (secondary N) is 1. The fourth-order valence-corrected chi connectivity index (χ4v) is 3.12. The number of ether oxygens (including phenoxy) is 1. The van der Waals surface area contributed by atoms with E-state index < -0.39 is 5.91 Å². The van der Waals surface area contributed by atoms with Gasteiger partial charge in [0, 0.05) is 24.7 Å². The summed E-state index contributed by atoms with van der Waals surface area (Å²) in [7, 11) is 0. The molecule has 0 radical (unpaired) electrons. The maximum absolute atomic E-state index is 12.3. The zero-order valence-corrected chi connectivity index (χ0v) is 14.6. The standard InChI is InChI=1S/C19H27N3O3/c20-19(24)15-3-5-17(6-4-15)25-12-9-18(23)22-10-7-16(8-11-22)21-13-14-1-2-14/h3-6,14,16,21H,1-2,7-13H2,(H2,20,24). The van der Waals surface area contributed by atoms with Gasteiger partial charge in [0.25, 0.3) is 0 Å². The van der Waals surface area contributed by atoms with Gasteiger partial charge in [-0.2, -0.15) is 0 Å². The van der Waals surface area contributed by atoms with E-state index in [2.05, 4.69) is 5.32 Å². The molecule has 1 aromatic rings. The van der Waals surface area contributed by atoms with E-state index >= 15 is 0 Å². The molecule has 0 unspecified atom stereocenters. The van der Waals surface area contributed by atoms with Gasteiger partial charge < -0.3 is 20.7 Å².